The van der Waals surface area contributed by atoms with Gasteiger partial charge in [-0.05, 0) is 18.8 Å². The lowest BCUT2D eigenvalue weighted by molar-refractivity contribution is 0.0246. The molecule has 1 saturated carbocycles. The normalized spacial score (nSPS) is 40.8. The van der Waals surface area contributed by atoms with Gasteiger partial charge in [-0.2, -0.15) is 15.4 Å². The molecule has 76 valence electrons. The van der Waals surface area contributed by atoms with Crippen molar-refractivity contribution < 1.29 is 4.74 Å². The number of rotatable bonds is 1. The molecule has 0 spiro atoms. The fraction of sp³-hybridized carbons (Fsp3) is 0.889. The van der Waals surface area contributed by atoms with E-state index in [9.17, 15) is 0 Å². The van der Waals surface area contributed by atoms with E-state index in [-0.39, 0.29) is 18.2 Å². The first-order valence-corrected chi connectivity index (χ1v) is 4.88. The second-order valence-corrected chi connectivity index (χ2v) is 4.01. The maximum absolute atomic E-state index is 8.83. The summed E-state index contributed by atoms with van der Waals surface area (Å²) < 4.78 is 5.34. The molecule has 2 rings (SSSR count). The van der Waals surface area contributed by atoms with Crippen molar-refractivity contribution in [1.29, 1.82) is 5.26 Å². The van der Waals surface area contributed by atoms with Gasteiger partial charge in [-0.1, -0.05) is 12.1 Å². The lowest BCUT2D eigenvalue weighted by Crippen LogP contribution is -2.44. The van der Waals surface area contributed by atoms with Gasteiger partial charge >= 0.3 is 0 Å². The van der Waals surface area contributed by atoms with Gasteiger partial charge in [0, 0.05) is 7.11 Å². The average molecular weight is 194 g/mol. The molecule has 0 aromatic carbocycles. The Morgan fingerprint density at radius 2 is 2.29 bits per heavy atom. The molecule has 0 aromatic rings. The molecule has 4 unspecified atom stereocenters. The first-order valence-electron chi connectivity index (χ1n) is 4.88. The molecule has 0 bridgehead atoms. The van der Waals surface area contributed by atoms with Crippen LogP contribution < -0.4 is 0 Å². The Morgan fingerprint density at radius 3 is 2.93 bits per heavy atom. The van der Waals surface area contributed by atoms with E-state index in [0.29, 0.717) is 5.92 Å². The number of ether oxygens (including phenoxy) is 1. The van der Waals surface area contributed by atoms with Gasteiger partial charge in [-0.15, -0.1) is 0 Å². The highest BCUT2D eigenvalue weighted by Crippen LogP contribution is 2.35. The minimum absolute atomic E-state index is 0.119. The molecule has 4 atom stereocenters. The summed E-state index contributed by atoms with van der Waals surface area (Å²) in [5, 5.41) is 18.2. The minimum Gasteiger partial charge on any atom is -0.381 e. The van der Waals surface area contributed by atoms with Crippen LogP contribution in [0.25, 0.3) is 0 Å². The topological polar surface area (TPSA) is 61.0 Å². The third kappa shape index (κ3) is 1.36. The minimum atomic E-state index is 0.119. The molecule has 0 amide bonds. The van der Waals surface area contributed by atoms with Crippen molar-refractivity contribution in [3.63, 3.8) is 0 Å². The highest BCUT2D eigenvalue weighted by Gasteiger charge is 2.42. The summed E-state index contributed by atoms with van der Waals surface area (Å²) in [4.78, 5) is 0. The first kappa shape index (κ1) is 9.41. The quantitative estimate of drug-likeness (QED) is 0.591. The zero-order valence-electron chi connectivity index (χ0n) is 8.42. The lowest BCUT2D eigenvalue weighted by Gasteiger charge is -2.34. The fourth-order valence-corrected chi connectivity index (χ4v) is 2.34. The zero-order chi connectivity index (χ0) is 10.1. The molecule has 5 heteroatoms. The van der Waals surface area contributed by atoms with Crippen molar-refractivity contribution in [2.75, 3.05) is 7.11 Å². The van der Waals surface area contributed by atoms with Crippen LogP contribution in [0.3, 0.4) is 0 Å². The zero-order valence-corrected chi connectivity index (χ0v) is 8.42. The summed E-state index contributed by atoms with van der Waals surface area (Å²) in [6, 6.07) is 0.301. The maximum atomic E-state index is 8.83. The first-order chi connectivity index (χ1) is 6.76. The van der Waals surface area contributed by atoms with Crippen molar-refractivity contribution in [2.45, 2.75) is 38.0 Å². The van der Waals surface area contributed by atoms with Gasteiger partial charge in [0.1, 0.15) is 0 Å². The second-order valence-electron chi connectivity index (χ2n) is 4.01. The van der Waals surface area contributed by atoms with Crippen LogP contribution in [0.2, 0.25) is 0 Å². The van der Waals surface area contributed by atoms with Gasteiger partial charge in [0.05, 0.1) is 18.2 Å². The number of nitrogens with zero attached hydrogens (tertiary/aromatic N) is 4. The summed E-state index contributed by atoms with van der Waals surface area (Å²) in [7, 11) is 1.72. The summed E-state index contributed by atoms with van der Waals surface area (Å²) in [6.45, 7) is 2.14. The van der Waals surface area contributed by atoms with Gasteiger partial charge in [0.2, 0.25) is 6.19 Å². The predicted molar refractivity (Wildman–Crippen MR) is 49.1 cm³/mol. The van der Waals surface area contributed by atoms with E-state index in [1.165, 1.54) is 5.01 Å². The van der Waals surface area contributed by atoms with E-state index in [4.69, 9.17) is 10.00 Å². The monoisotopic (exact) mass is 194 g/mol. The fourth-order valence-electron chi connectivity index (χ4n) is 2.34. The number of nitriles is 1. The predicted octanol–water partition coefficient (Wildman–Crippen LogP) is 1.33. The van der Waals surface area contributed by atoms with Crippen molar-refractivity contribution >= 4 is 0 Å². The molecule has 0 N–H and O–H groups in total. The van der Waals surface area contributed by atoms with Gasteiger partial charge in [0.15, 0.2) is 0 Å². The third-order valence-corrected chi connectivity index (χ3v) is 3.15. The van der Waals surface area contributed by atoms with Crippen LogP contribution in [0, 0.1) is 17.4 Å². The van der Waals surface area contributed by atoms with Crippen molar-refractivity contribution in [2.24, 2.45) is 16.3 Å². The van der Waals surface area contributed by atoms with Crippen LogP contribution in [0.5, 0.6) is 0 Å². The van der Waals surface area contributed by atoms with E-state index in [2.05, 4.69) is 17.3 Å². The van der Waals surface area contributed by atoms with E-state index < -0.39 is 0 Å². The van der Waals surface area contributed by atoms with E-state index >= 15 is 0 Å². The Balaban J connectivity index is 2.12. The summed E-state index contributed by atoms with van der Waals surface area (Å²) in [5.41, 5.74) is 0. The van der Waals surface area contributed by atoms with Crippen LogP contribution in [0.4, 0.5) is 0 Å². The molecule has 14 heavy (non-hydrogen) atoms. The Bertz CT molecular complexity index is 285. The Kier molecular flexibility index (Phi) is 2.38. The smallest absolute Gasteiger partial charge is 0.203 e. The van der Waals surface area contributed by atoms with Gasteiger partial charge < -0.3 is 4.74 Å². The van der Waals surface area contributed by atoms with Gasteiger partial charge in [-0.25, -0.2) is 0 Å². The summed E-state index contributed by atoms with van der Waals surface area (Å²) in [6.07, 6.45) is 4.15. The highest BCUT2D eigenvalue weighted by atomic mass is 16.5. The number of methoxy groups -OCH3 is 1. The number of fused-ring (bicyclic) bond motifs is 1. The standard InChI is InChI=1S/C9H14N4O/c1-6-3-7(14-2)4-8-9(6)11-12-13(8)5-10/h6-9H,3-4H2,1-2H3. The largest absolute Gasteiger partial charge is 0.381 e. The molecule has 0 saturated heterocycles. The molecule has 5 nitrogen and oxygen atoms in total. The highest BCUT2D eigenvalue weighted by molar-refractivity contribution is 4.99. The molecule has 1 fully saturated rings. The van der Waals surface area contributed by atoms with Crippen molar-refractivity contribution in [3.05, 3.63) is 0 Å². The summed E-state index contributed by atoms with van der Waals surface area (Å²) in [5.74, 6) is 0.445. The number of hydrogen-bond donors (Lipinski definition) is 0. The second kappa shape index (κ2) is 3.54. The molecule has 1 aliphatic heterocycles. The van der Waals surface area contributed by atoms with Crippen LogP contribution in [-0.4, -0.2) is 30.3 Å². The maximum Gasteiger partial charge on any atom is 0.203 e. The molecular formula is C9H14N4O. The molecule has 0 aromatic heterocycles. The lowest BCUT2D eigenvalue weighted by atomic mass is 9.81. The molecule has 0 radical (unpaired) electrons. The molecule has 1 aliphatic carbocycles. The Hall–Kier alpha value is -1.15. The van der Waals surface area contributed by atoms with E-state index in [1.54, 1.807) is 7.11 Å². The van der Waals surface area contributed by atoms with Crippen LogP contribution >= 0.6 is 0 Å². The van der Waals surface area contributed by atoms with Crippen LogP contribution in [0.15, 0.2) is 10.3 Å². The molecule has 1 heterocycles. The van der Waals surface area contributed by atoms with Gasteiger partial charge in [-0.3, -0.25) is 0 Å². The van der Waals surface area contributed by atoms with Crippen LogP contribution in [-0.2, 0) is 4.74 Å². The van der Waals surface area contributed by atoms with Crippen molar-refractivity contribution in [3.8, 4) is 6.19 Å². The average Bonchev–Trinajstić information content (AvgIpc) is 2.61. The van der Waals surface area contributed by atoms with E-state index in [1.807, 2.05) is 6.19 Å². The number of hydrogen-bond acceptors (Lipinski definition) is 5. The summed E-state index contributed by atoms with van der Waals surface area (Å²) >= 11 is 0. The Morgan fingerprint density at radius 1 is 1.50 bits per heavy atom. The van der Waals surface area contributed by atoms with Crippen LogP contribution in [0.1, 0.15) is 19.8 Å². The van der Waals surface area contributed by atoms with Gasteiger partial charge in [0.25, 0.3) is 0 Å². The SMILES string of the molecule is COC1CC(C)C2N=NN(C#N)C2C1. The molecular weight excluding hydrogens is 180 g/mol. The third-order valence-electron chi connectivity index (χ3n) is 3.15. The van der Waals surface area contributed by atoms with E-state index in [0.717, 1.165) is 12.8 Å². The Labute approximate surface area is 83.3 Å². The van der Waals surface area contributed by atoms with Crippen molar-refractivity contribution in [1.82, 2.24) is 5.01 Å². The molecule has 2 aliphatic rings.